The van der Waals surface area contributed by atoms with Crippen LogP contribution in [0.25, 0.3) is 0 Å². The highest BCUT2D eigenvalue weighted by Crippen LogP contribution is 2.23. The van der Waals surface area contributed by atoms with Gasteiger partial charge in [-0.25, -0.2) is 13.2 Å². The largest absolute Gasteiger partial charge is 0.503 e. The zero-order valence-electron chi connectivity index (χ0n) is 16.8. The van der Waals surface area contributed by atoms with Crippen LogP contribution in [0.2, 0.25) is 0 Å². The molecule has 10 heteroatoms. The summed E-state index contributed by atoms with van der Waals surface area (Å²) >= 11 is 0. The molecule has 0 radical (unpaired) electrons. The standard InChI is InChI=1S/C21H22F3N3O4/c1-2-3-14(9-22)27-7-6-26-11-15(18(28)19(29)17(26)21(27)31)20(30)25-10-12-4-5-13(23)8-16(12)24/h4-5,8,11,14,29H,2-3,6-7,9-10H2,1H3,(H,25,30). The second kappa shape index (κ2) is 9.23. The smallest absolute Gasteiger partial charge is 0.274 e. The number of amides is 2. The van der Waals surface area contributed by atoms with Crippen molar-refractivity contribution in [2.75, 3.05) is 13.2 Å². The molecule has 0 spiro atoms. The fourth-order valence-corrected chi connectivity index (χ4v) is 3.60. The summed E-state index contributed by atoms with van der Waals surface area (Å²) in [6.45, 7) is 1.11. The molecule has 7 nitrogen and oxygen atoms in total. The number of nitrogens with one attached hydrogen (secondary N) is 1. The van der Waals surface area contributed by atoms with Gasteiger partial charge in [-0.2, -0.15) is 0 Å². The Hall–Kier alpha value is -3.30. The lowest BCUT2D eigenvalue weighted by Gasteiger charge is -2.35. The number of hydrogen-bond acceptors (Lipinski definition) is 4. The van der Waals surface area contributed by atoms with E-state index in [1.807, 2.05) is 6.92 Å². The Morgan fingerprint density at radius 2 is 2.00 bits per heavy atom. The molecule has 0 saturated carbocycles. The fourth-order valence-electron chi connectivity index (χ4n) is 3.60. The van der Waals surface area contributed by atoms with Crippen molar-refractivity contribution >= 4 is 11.8 Å². The minimum Gasteiger partial charge on any atom is -0.503 e. The van der Waals surface area contributed by atoms with Crippen molar-refractivity contribution in [1.29, 1.82) is 0 Å². The minimum absolute atomic E-state index is 0.0102. The van der Waals surface area contributed by atoms with Crippen molar-refractivity contribution in [2.45, 2.75) is 38.9 Å². The summed E-state index contributed by atoms with van der Waals surface area (Å²) in [5, 5.41) is 12.7. The summed E-state index contributed by atoms with van der Waals surface area (Å²) in [5.74, 6) is -4.09. The molecule has 166 valence electrons. The second-order valence-electron chi connectivity index (χ2n) is 7.28. The maximum absolute atomic E-state index is 13.7. The number of fused-ring (bicyclic) bond motifs is 1. The average Bonchev–Trinajstić information content (AvgIpc) is 2.74. The highest BCUT2D eigenvalue weighted by Gasteiger charge is 2.34. The number of carbonyl (C=O) groups is 2. The first-order valence-electron chi connectivity index (χ1n) is 9.83. The highest BCUT2D eigenvalue weighted by atomic mass is 19.1. The predicted octanol–water partition coefficient (Wildman–Crippen LogP) is 2.36. The van der Waals surface area contributed by atoms with Gasteiger partial charge in [0.1, 0.15) is 23.9 Å². The molecule has 2 N–H and O–H groups in total. The maximum Gasteiger partial charge on any atom is 0.274 e. The van der Waals surface area contributed by atoms with Crippen LogP contribution in [0.1, 0.15) is 46.2 Å². The van der Waals surface area contributed by atoms with Gasteiger partial charge in [-0.15, -0.1) is 0 Å². The van der Waals surface area contributed by atoms with Crippen LogP contribution in [0.15, 0.2) is 29.2 Å². The Labute approximate surface area is 176 Å². The van der Waals surface area contributed by atoms with E-state index in [-0.39, 0.29) is 30.9 Å². The number of hydrogen-bond donors (Lipinski definition) is 2. The molecule has 2 heterocycles. The van der Waals surface area contributed by atoms with Crippen LogP contribution >= 0.6 is 0 Å². The molecule has 1 aromatic carbocycles. The number of benzene rings is 1. The number of halogens is 3. The highest BCUT2D eigenvalue weighted by molar-refractivity contribution is 5.99. The van der Waals surface area contributed by atoms with E-state index in [2.05, 4.69) is 5.32 Å². The normalized spacial score (nSPS) is 14.3. The van der Waals surface area contributed by atoms with E-state index in [1.165, 1.54) is 9.47 Å². The average molecular weight is 437 g/mol. The van der Waals surface area contributed by atoms with E-state index in [4.69, 9.17) is 0 Å². The quantitative estimate of drug-likeness (QED) is 0.696. The van der Waals surface area contributed by atoms with Crippen LogP contribution in [-0.4, -0.2) is 45.6 Å². The molecule has 0 saturated heterocycles. The number of rotatable bonds is 7. The van der Waals surface area contributed by atoms with Gasteiger partial charge < -0.3 is 19.9 Å². The van der Waals surface area contributed by atoms with Gasteiger partial charge in [0.15, 0.2) is 11.4 Å². The number of aromatic hydroxyl groups is 1. The molecule has 1 unspecified atom stereocenters. The molecule has 0 aliphatic carbocycles. The molecule has 3 rings (SSSR count). The first-order valence-corrected chi connectivity index (χ1v) is 9.83. The van der Waals surface area contributed by atoms with Gasteiger partial charge in [0.25, 0.3) is 11.8 Å². The zero-order valence-corrected chi connectivity index (χ0v) is 16.8. The molecule has 0 fully saturated rings. The van der Waals surface area contributed by atoms with E-state index < -0.39 is 52.9 Å². The number of alkyl halides is 1. The Kier molecular flexibility index (Phi) is 6.67. The third-order valence-corrected chi connectivity index (χ3v) is 5.24. The molecule has 0 bridgehead atoms. The van der Waals surface area contributed by atoms with Crippen LogP contribution in [0.3, 0.4) is 0 Å². The molecular formula is C21H22F3N3O4. The van der Waals surface area contributed by atoms with Crippen LogP contribution in [0.5, 0.6) is 5.75 Å². The third kappa shape index (κ3) is 4.42. The van der Waals surface area contributed by atoms with E-state index in [0.717, 1.165) is 18.3 Å². The molecule has 2 amide bonds. The summed E-state index contributed by atoms with van der Waals surface area (Å²) < 4.78 is 41.4. The maximum atomic E-state index is 13.7. The van der Waals surface area contributed by atoms with Crippen molar-refractivity contribution < 1.29 is 27.9 Å². The summed E-state index contributed by atoms with van der Waals surface area (Å²) in [4.78, 5) is 39.1. The lowest BCUT2D eigenvalue weighted by Crippen LogP contribution is -2.48. The van der Waals surface area contributed by atoms with Gasteiger partial charge in [0.2, 0.25) is 5.43 Å². The predicted molar refractivity (Wildman–Crippen MR) is 106 cm³/mol. The Balaban J connectivity index is 1.85. The molecule has 1 aliphatic heterocycles. The third-order valence-electron chi connectivity index (χ3n) is 5.24. The second-order valence-corrected chi connectivity index (χ2v) is 7.28. The van der Waals surface area contributed by atoms with E-state index in [0.29, 0.717) is 18.9 Å². The van der Waals surface area contributed by atoms with Gasteiger partial charge in [-0.3, -0.25) is 14.4 Å². The van der Waals surface area contributed by atoms with Crippen LogP contribution in [0.4, 0.5) is 13.2 Å². The summed E-state index contributed by atoms with van der Waals surface area (Å²) in [5.41, 5.74) is -1.78. The van der Waals surface area contributed by atoms with E-state index in [9.17, 15) is 32.7 Å². The fraction of sp³-hybridized carbons (Fsp3) is 0.381. The Bertz CT molecular complexity index is 1070. The molecule has 1 aliphatic rings. The van der Waals surface area contributed by atoms with Gasteiger partial charge in [-0.1, -0.05) is 19.4 Å². The van der Waals surface area contributed by atoms with Crippen molar-refractivity contribution in [1.82, 2.24) is 14.8 Å². The van der Waals surface area contributed by atoms with Crippen molar-refractivity contribution in [3.05, 3.63) is 63.1 Å². The number of nitrogens with zero attached hydrogens (tertiary/aromatic N) is 2. The van der Waals surface area contributed by atoms with Crippen molar-refractivity contribution in [3.8, 4) is 5.75 Å². The lowest BCUT2D eigenvalue weighted by molar-refractivity contribution is 0.0564. The lowest BCUT2D eigenvalue weighted by atomic mass is 10.1. The molecule has 2 aromatic rings. The monoisotopic (exact) mass is 437 g/mol. The van der Waals surface area contributed by atoms with Crippen molar-refractivity contribution in [2.24, 2.45) is 0 Å². The van der Waals surface area contributed by atoms with Gasteiger partial charge in [-0.05, 0) is 12.5 Å². The Morgan fingerprint density at radius 1 is 1.26 bits per heavy atom. The topological polar surface area (TPSA) is 91.6 Å². The first-order chi connectivity index (χ1) is 14.8. The summed E-state index contributed by atoms with van der Waals surface area (Å²) in [6.07, 6.45) is 2.24. The Morgan fingerprint density at radius 3 is 2.65 bits per heavy atom. The first kappa shape index (κ1) is 22.4. The van der Waals surface area contributed by atoms with Crippen LogP contribution in [0, 0.1) is 11.6 Å². The van der Waals surface area contributed by atoms with Crippen molar-refractivity contribution in [3.63, 3.8) is 0 Å². The van der Waals surface area contributed by atoms with Gasteiger partial charge in [0, 0.05) is 37.5 Å². The summed E-state index contributed by atoms with van der Waals surface area (Å²) in [6, 6.07) is 2.20. The van der Waals surface area contributed by atoms with Crippen LogP contribution < -0.4 is 10.7 Å². The number of pyridine rings is 1. The molecule has 1 aromatic heterocycles. The molecular weight excluding hydrogens is 415 g/mol. The number of aromatic nitrogens is 1. The number of carbonyl (C=O) groups excluding carboxylic acids is 2. The SMILES string of the molecule is CCCC(CF)N1CCn2cc(C(=O)NCc3ccc(F)cc3F)c(=O)c(O)c2C1=O. The van der Waals surface area contributed by atoms with Gasteiger partial charge in [0.05, 0.1) is 6.04 Å². The minimum atomic E-state index is -1.06. The molecule has 1 atom stereocenters. The van der Waals surface area contributed by atoms with E-state index >= 15 is 0 Å². The summed E-state index contributed by atoms with van der Waals surface area (Å²) in [7, 11) is 0. The van der Waals surface area contributed by atoms with Crippen LogP contribution in [-0.2, 0) is 13.1 Å². The van der Waals surface area contributed by atoms with E-state index in [1.54, 1.807) is 0 Å². The zero-order chi connectivity index (χ0) is 22.7. The van der Waals surface area contributed by atoms with Gasteiger partial charge >= 0.3 is 0 Å². The molecule has 31 heavy (non-hydrogen) atoms.